The van der Waals surface area contributed by atoms with Crippen LogP contribution in [0, 0.1) is 0 Å². The highest BCUT2D eigenvalue weighted by Crippen LogP contribution is 2.15. The summed E-state index contributed by atoms with van der Waals surface area (Å²) in [6, 6.07) is 12.0. The average Bonchev–Trinajstić information content (AvgIpc) is 2.91. The van der Waals surface area contributed by atoms with E-state index in [2.05, 4.69) is 10.4 Å². The summed E-state index contributed by atoms with van der Waals surface area (Å²) >= 11 is 0. The van der Waals surface area contributed by atoms with Crippen LogP contribution < -0.4 is 5.32 Å². The van der Waals surface area contributed by atoms with Crippen LogP contribution in [0.5, 0.6) is 0 Å². The van der Waals surface area contributed by atoms with Gasteiger partial charge in [-0.3, -0.25) is 4.68 Å². The summed E-state index contributed by atoms with van der Waals surface area (Å²) < 4.78 is 7.45. The third-order valence-corrected chi connectivity index (χ3v) is 3.26. The highest BCUT2D eigenvalue weighted by molar-refractivity contribution is 5.16. The molecule has 0 saturated carbocycles. The van der Waals surface area contributed by atoms with Crippen LogP contribution in [0.3, 0.4) is 0 Å². The molecule has 0 aliphatic carbocycles. The van der Waals surface area contributed by atoms with Crippen molar-refractivity contribution in [3.8, 4) is 0 Å². The van der Waals surface area contributed by atoms with Crippen molar-refractivity contribution in [1.29, 1.82) is 0 Å². The van der Waals surface area contributed by atoms with Gasteiger partial charge in [0.1, 0.15) is 0 Å². The number of nitrogens with one attached hydrogen (secondary N) is 1. The van der Waals surface area contributed by atoms with Gasteiger partial charge in [-0.2, -0.15) is 5.10 Å². The molecule has 0 bridgehead atoms. The Balaban J connectivity index is 1.64. The largest absolute Gasteiger partial charge is 0.389 e. The standard InChI is InChI=1S/C16H23N3O2/c1-13(14-6-4-3-5-7-14)21-12-16(20)11-17-10-15-8-9-19(2)18-15/h3-9,13,16-17,20H,10-12H2,1-2H3. The van der Waals surface area contributed by atoms with Crippen molar-refractivity contribution in [1.82, 2.24) is 15.1 Å². The topological polar surface area (TPSA) is 59.3 Å². The molecule has 0 aliphatic rings. The van der Waals surface area contributed by atoms with Gasteiger partial charge in [0.2, 0.25) is 0 Å². The fourth-order valence-electron chi connectivity index (χ4n) is 2.06. The van der Waals surface area contributed by atoms with Crippen LogP contribution in [0.2, 0.25) is 0 Å². The van der Waals surface area contributed by atoms with Crippen molar-refractivity contribution in [2.45, 2.75) is 25.7 Å². The molecule has 1 aromatic carbocycles. The first-order valence-electron chi connectivity index (χ1n) is 7.19. The van der Waals surface area contributed by atoms with Gasteiger partial charge in [-0.1, -0.05) is 30.3 Å². The SMILES string of the molecule is CC(OCC(O)CNCc1ccn(C)n1)c1ccccc1. The van der Waals surface area contributed by atoms with Crippen LogP contribution in [0.25, 0.3) is 0 Å². The van der Waals surface area contributed by atoms with E-state index >= 15 is 0 Å². The number of nitrogens with zero attached hydrogens (tertiary/aromatic N) is 2. The second kappa shape index (κ2) is 7.93. The van der Waals surface area contributed by atoms with Crippen molar-refractivity contribution < 1.29 is 9.84 Å². The van der Waals surface area contributed by atoms with Crippen LogP contribution in [0.15, 0.2) is 42.6 Å². The first-order valence-corrected chi connectivity index (χ1v) is 7.19. The molecule has 2 aromatic rings. The Morgan fingerprint density at radius 1 is 1.29 bits per heavy atom. The molecule has 5 heteroatoms. The molecular formula is C16H23N3O2. The molecule has 0 spiro atoms. The predicted molar refractivity (Wildman–Crippen MR) is 81.7 cm³/mol. The van der Waals surface area contributed by atoms with Crippen LogP contribution >= 0.6 is 0 Å². The third-order valence-electron chi connectivity index (χ3n) is 3.26. The van der Waals surface area contributed by atoms with Crippen LogP contribution in [-0.2, 0) is 18.3 Å². The monoisotopic (exact) mass is 289 g/mol. The second-order valence-electron chi connectivity index (χ2n) is 5.15. The fourth-order valence-corrected chi connectivity index (χ4v) is 2.06. The quantitative estimate of drug-likeness (QED) is 0.776. The van der Waals surface area contributed by atoms with Crippen molar-refractivity contribution in [2.24, 2.45) is 7.05 Å². The molecule has 2 atom stereocenters. The summed E-state index contributed by atoms with van der Waals surface area (Å²) in [5, 5.41) is 17.4. The number of aromatic nitrogens is 2. The molecule has 1 heterocycles. The van der Waals surface area contributed by atoms with E-state index in [1.165, 1.54) is 0 Å². The van der Waals surface area contributed by atoms with Crippen molar-refractivity contribution in [3.05, 3.63) is 53.9 Å². The minimum Gasteiger partial charge on any atom is -0.389 e. The minimum atomic E-state index is -0.528. The number of hydrogen-bond acceptors (Lipinski definition) is 4. The first kappa shape index (κ1) is 15.7. The molecule has 0 aliphatic heterocycles. The maximum atomic E-state index is 9.92. The summed E-state index contributed by atoms with van der Waals surface area (Å²) in [5.74, 6) is 0. The molecule has 2 rings (SSSR count). The number of benzene rings is 1. The van der Waals surface area contributed by atoms with Gasteiger partial charge in [-0.25, -0.2) is 0 Å². The number of aliphatic hydroxyl groups is 1. The Hall–Kier alpha value is -1.69. The summed E-state index contributed by atoms with van der Waals surface area (Å²) in [4.78, 5) is 0. The zero-order valence-electron chi connectivity index (χ0n) is 12.6. The Labute approximate surface area is 125 Å². The Bertz CT molecular complexity index is 527. The van der Waals surface area contributed by atoms with Crippen LogP contribution in [0.1, 0.15) is 24.3 Å². The summed E-state index contributed by atoms with van der Waals surface area (Å²) in [7, 11) is 1.89. The molecule has 5 nitrogen and oxygen atoms in total. The van der Waals surface area contributed by atoms with Crippen LogP contribution in [-0.4, -0.2) is 34.1 Å². The molecule has 2 unspecified atom stereocenters. The number of rotatable bonds is 8. The van der Waals surface area contributed by atoms with E-state index in [-0.39, 0.29) is 6.10 Å². The number of hydrogen-bond donors (Lipinski definition) is 2. The maximum absolute atomic E-state index is 9.92. The number of aryl methyl sites for hydroxylation is 1. The predicted octanol–water partition coefficient (Wildman–Crippen LogP) is 1.65. The van der Waals surface area contributed by atoms with Gasteiger partial charge in [-0.15, -0.1) is 0 Å². The van der Waals surface area contributed by atoms with E-state index in [9.17, 15) is 5.11 Å². The summed E-state index contributed by atoms with van der Waals surface area (Å²) in [5.41, 5.74) is 2.08. The molecule has 0 radical (unpaired) electrons. The lowest BCUT2D eigenvalue weighted by atomic mass is 10.1. The lowest BCUT2D eigenvalue weighted by molar-refractivity contribution is -0.00214. The van der Waals surface area contributed by atoms with E-state index in [4.69, 9.17) is 4.74 Å². The van der Waals surface area contributed by atoms with E-state index in [1.54, 1.807) is 4.68 Å². The van der Waals surface area contributed by atoms with Gasteiger partial charge in [0.25, 0.3) is 0 Å². The minimum absolute atomic E-state index is 0.0170. The Kier molecular flexibility index (Phi) is 5.92. The Morgan fingerprint density at radius 3 is 2.71 bits per heavy atom. The molecule has 1 aromatic heterocycles. The fraction of sp³-hybridized carbons (Fsp3) is 0.438. The van der Waals surface area contributed by atoms with Gasteiger partial charge in [-0.05, 0) is 18.6 Å². The highest BCUT2D eigenvalue weighted by Gasteiger charge is 2.09. The third kappa shape index (κ3) is 5.30. The normalized spacial score (nSPS) is 14.0. The van der Waals surface area contributed by atoms with E-state index < -0.39 is 6.10 Å². The molecule has 114 valence electrons. The van der Waals surface area contributed by atoms with E-state index in [1.807, 2.05) is 56.6 Å². The van der Waals surface area contributed by atoms with Crippen LogP contribution in [0.4, 0.5) is 0 Å². The van der Waals surface area contributed by atoms with Gasteiger partial charge in [0.15, 0.2) is 0 Å². The van der Waals surface area contributed by atoms with Crippen molar-refractivity contribution in [2.75, 3.05) is 13.2 Å². The zero-order chi connectivity index (χ0) is 15.1. The van der Waals surface area contributed by atoms with Gasteiger partial charge < -0.3 is 15.2 Å². The lowest BCUT2D eigenvalue weighted by Crippen LogP contribution is -2.30. The van der Waals surface area contributed by atoms with E-state index in [0.29, 0.717) is 19.7 Å². The average molecular weight is 289 g/mol. The second-order valence-corrected chi connectivity index (χ2v) is 5.15. The number of aliphatic hydroxyl groups excluding tert-OH is 1. The van der Waals surface area contributed by atoms with E-state index in [0.717, 1.165) is 11.3 Å². The molecule has 0 fully saturated rings. The molecule has 21 heavy (non-hydrogen) atoms. The molecule has 0 amide bonds. The van der Waals surface area contributed by atoms with Gasteiger partial charge >= 0.3 is 0 Å². The smallest absolute Gasteiger partial charge is 0.0898 e. The maximum Gasteiger partial charge on any atom is 0.0898 e. The lowest BCUT2D eigenvalue weighted by Gasteiger charge is -2.17. The Morgan fingerprint density at radius 2 is 2.05 bits per heavy atom. The van der Waals surface area contributed by atoms with Gasteiger partial charge in [0.05, 0.1) is 24.5 Å². The molecule has 2 N–H and O–H groups in total. The summed E-state index contributed by atoms with van der Waals surface area (Å²) in [6.45, 7) is 3.43. The van der Waals surface area contributed by atoms with Crippen molar-refractivity contribution in [3.63, 3.8) is 0 Å². The molecule has 0 saturated heterocycles. The summed E-state index contributed by atoms with van der Waals surface area (Å²) in [6.07, 6.45) is 1.36. The number of ether oxygens (including phenoxy) is 1. The highest BCUT2D eigenvalue weighted by atomic mass is 16.5. The van der Waals surface area contributed by atoms with Gasteiger partial charge in [0, 0.05) is 26.3 Å². The van der Waals surface area contributed by atoms with Crippen molar-refractivity contribution >= 4 is 0 Å². The molecular weight excluding hydrogens is 266 g/mol. The first-order chi connectivity index (χ1) is 10.1. The zero-order valence-corrected chi connectivity index (χ0v) is 12.6.